The second kappa shape index (κ2) is 7.65. The van der Waals surface area contributed by atoms with Gasteiger partial charge < -0.3 is 5.32 Å². The molecule has 0 amide bonds. The van der Waals surface area contributed by atoms with Gasteiger partial charge in [0.2, 0.25) is 0 Å². The van der Waals surface area contributed by atoms with E-state index >= 15 is 0 Å². The van der Waals surface area contributed by atoms with Gasteiger partial charge in [0.1, 0.15) is 11.6 Å². The maximum atomic E-state index is 6.32. The Morgan fingerprint density at radius 2 is 1.91 bits per heavy atom. The number of hydrogen-bond acceptors (Lipinski definition) is 4. The lowest BCUT2D eigenvalue weighted by Crippen LogP contribution is -2.20. The summed E-state index contributed by atoms with van der Waals surface area (Å²) >= 11 is 11.5. The monoisotopic (exact) mass is 333 g/mol. The Kier molecular flexibility index (Phi) is 5.86. The van der Waals surface area contributed by atoms with Crippen LogP contribution in [0.5, 0.6) is 0 Å². The summed E-state index contributed by atoms with van der Waals surface area (Å²) in [5, 5.41) is 5.76. The topological polar surface area (TPSA) is 37.8 Å². The molecule has 0 fully saturated rings. The maximum absolute atomic E-state index is 6.32. The zero-order chi connectivity index (χ0) is 16.1. The summed E-state index contributed by atoms with van der Waals surface area (Å²) < 4.78 is 0. The molecule has 1 aromatic heterocycles. The second-order valence-electron chi connectivity index (χ2n) is 5.14. The molecule has 2 rings (SSSR count). The lowest BCUT2D eigenvalue weighted by atomic mass is 10.1. The first-order valence-corrected chi connectivity index (χ1v) is 8.30. The van der Waals surface area contributed by atoms with Crippen LogP contribution in [0.4, 0.5) is 5.82 Å². The highest BCUT2D eigenvalue weighted by Crippen LogP contribution is 2.31. The van der Waals surface area contributed by atoms with Gasteiger partial charge in [-0.15, -0.1) is 0 Å². The van der Waals surface area contributed by atoms with Crippen molar-refractivity contribution in [1.29, 1.82) is 0 Å². The minimum atomic E-state index is 0.363. The van der Waals surface area contributed by atoms with Crippen molar-refractivity contribution in [2.45, 2.75) is 39.7 Å². The molecule has 0 bridgehead atoms. The smallest absolute Gasteiger partial charge is 0.138 e. The van der Waals surface area contributed by atoms with Gasteiger partial charge in [-0.2, -0.15) is 0 Å². The van der Waals surface area contributed by atoms with Crippen LogP contribution in [0, 0.1) is 6.92 Å². The predicted molar refractivity (Wildman–Crippen MR) is 98.0 cm³/mol. The fourth-order valence-corrected chi connectivity index (χ4v) is 2.80. The van der Waals surface area contributed by atoms with Crippen LogP contribution in [0.25, 0.3) is 11.3 Å². The molecule has 1 heterocycles. The maximum Gasteiger partial charge on any atom is 0.138 e. The zero-order valence-electron chi connectivity index (χ0n) is 13.1. The first-order valence-electron chi connectivity index (χ1n) is 7.45. The Balaban J connectivity index is 2.58. The lowest BCUT2D eigenvalue weighted by molar-refractivity contribution is 0.667. The molecule has 0 radical (unpaired) electrons. The molecular formula is C17H20ClN3S. The quantitative estimate of drug-likeness (QED) is 0.750. The third-order valence-electron chi connectivity index (χ3n) is 3.63. The van der Waals surface area contributed by atoms with Crippen molar-refractivity contribution >= 4 is 35.0 Å². The summed E-state index contributed by atoms with van der Waals surface area (Å²) in [7, 11) is 0. The first kappa shape index (κ1) is 16.8. The molecule has 0 spiro atoms. The highest BCUT2D eigenvalue weighted by atomic mass is 35.5. The molecule has 0 atom stereocenters. The van der Waals surface area contributed by atoms with Crippen molar-refractivity contribution in [3.05, 3.63) is 40.7 Å². The van der Waals surface area contributed by atoms with Gasteiger partial charge in [0, 0.05) is 22.0 Å². The molecule has 0 aliphatic rings. The fraction of sp³-hybridized carbons (Fsp3) is 0.353. The fourth-order valence-electron chi connectivity index (χ4n) is 2.35. The largest absolute Gasteiger partial charge is 0.367 e. The SMILES string of the molecule is CCC(CC)Nc1nc(C)nc(-c2ccccc2Cl)c1C=S. The van der Waals surface area contributed by atoms with Gasteiger partial charge in [-0.1, -0.05) is 55.9 Å². The summed E-state index contributed by atoms with van der Waals surface area (Å²) in [6.45, 7) is 6.19. The van der Waals surface area contributed by atoms with Gasteiger partial charge in [0.15, 0.2) is 0 Å². The normalized spacial score (nSPS) is 10.8. The van der Waals surface area contributed by atoms with E-state index in [9.17, 15) is 0 Å². The van der Waals surface area contributed by atoms with Crippen molar-refractivity contribution < 1.29 is 0 Å². The van der Waals surface area contributed by atoms with Crippen LogP contribution in [0.2, 0.25) is 5.02 Å². The van der Waals surface area contributed by atoms with Crippen LogP contribution < -0.4 is 5.32 Å². The van der Waals surface area contributed by atoms with Gasteiger partial charge >= 0.3 is 0 Å². The van der Waals surface area contributed by atoms with Crippen LogP contribution in [0.15, 0.2) is 24.3 Å². The Bertz CT molecular complexity index is 669. The molecule has 0 saturated carbocycles. The molecule has 3 nitrogen and oxygen atoms in total. The van der Waals surface area contributed by atoms with Gasteiger partial charge in [0.05, 0.1) is 11.3 Å². The van der Waals surface area contributed by atoms with Crippen LogP contribution in [0.1, 0.15) is 38.1 Å². The van der Waals surface area contributed by atoms with E-state index in [1.165, 1.54) is 0 Å². The minimum absolute atomic E-state index is 0.363. The van der Waals surface area contributed by atoms with Crippen molar-refractivity contribution in [2.75, 3.05) is 5.32 Å². The standard InChI is InChI=1S/C17H20ClN3S/c1-4-12(5-2)21-17-14(10-22)16(19-11(3)20-17)13-8-6-7-9-15(13)18/h6-10,12H,4-5H2,1-3H3,(H,19,20,21). The first-order chi connectivity index (χ1) is 10.6. The average molecular weight is 334 g/mol. The van der Waals surface area contributed by atoms with Crippen LogP contribution >= 0.6 is 23.8 Å². The van der Waals surface area contributed by atoms with Gasteiger partial charge in [0.25, 0.3) is 0 Å². The number of nitrogens with one attached hydrogen (secondary N) is 1. The lowest BCUT2D eigenvalue weighted by Gasteiger charge is -2.19. The summed E-state index contributed by atoms with van der Waals surface area (Å²) in [5.41, 5.74) is 2.47. The Labute approximate surface area is 142 Å². The summed E-state index contributed by atoms with van der Waals surface area (Å²) in [6, 6.07) is 8.02. The van der Waals surface area contributed by atoms with Crippen LogP contribution in [0.3, 0.4) is 0 Å². The molecule has 0 aliphatic carbocycles. The van der Waals surface area contributed by atoms with Crippen molar-refractivity contribution in [3.8, 4) is 11.3 Å². The van der Waals surface area contributed by atoms with E-state index in [0.29, 0.717) is 16.9 Å². The molecule has 1 aromatic carbocycles. The molecule has 0 unspecified atom stereocenters. The summed E-state index contributed by atoms with van der Waals surface area (Å²) in [5.74, 6) is 1.48. The molecule has 2 aromatic rings. The molecule has 0 saturated heterocycles. The van der Waals surface area contributed by atoms with Gasteiger partial charge in [-0.05, 0) is 25.8 Å². The third-order valence-corrected chi connectivity index (χ3v) is 4.20. The Morgan fingerprint density at radius 3 is 2.50 bits per heavy atom. The van der Waals surface area contributed by atoms with Crippen molar-refractivity contribution in [3.63, 3.8) is 0 Å². The van der Waals surface area contributed by atoms with E-state index in [1.807, 2.05) is 31.2 Å². The van der Waals surface area contributed by atoms with E-state index in [-0.39, 0.29) is 0 Å². The summed E-state index contributed by atoms with van der Waals surface area (Å²) in [4.78, 5) is 9.09. The van der Waals surface area contributed by atoms with Gasteiger partial charge in [-0.25, -0.2) is 9.97 Å². The predicted octanol–water partition coefficient (Wildman–Crippen LogP) is 5.05. The van der Waals surface area contributed by atoms with E-state index in [2.05, 4.69) is 29.1 Å². The van der Waals surface area contributed by atoms with Crippen LogP contribution in [-0.2, 0) is 0 Å². The molecule has 1 N–H and O–H groups in total. The van der Waals surface area contributed by atoms with Crippen LogP contribution in [-0.4, -0.2) is 21.4 Å². The third kappa shape index (κ3) is 3.62. The number of rotatable bonds is 6. The van der Waals surface area contributed by atoms with E-state index in [0.717, 1.165) is 35.5 Å². The highest BCUT2D eigenvalue weighted by molar-refractivity contribution is 7.79. The Morgan fingerprint density at radius 1 is 1.23 bits per heavy atom. The molecular weight excluding hydrogens is 314 g/mol. The average Bonchev–Trinajstić information content (AvgIpc) is 2.52. The van der Waals surface area contributed by atoms with Crippen molar-refractivity contribution in [2.24, 2.45) is 0 Å². The number of aryl methyl sites for hydroxylation is 1. The zero-order valence-corrected chi connectivity index (χ0v) is 14.6. The molecule has 116 valence electrons. The molecule has 5 heteroatoms. The van der Waals surface area contributed by atoms with E-state index in [1.54, 1.807) is 5.37 Å². The summed E-state index contributed by atoms with van der Waals surface area (Å²) in [6.07, 6.45) is 2.05. The number of benzene rings is 1. The number of thiocarbonyl (C=S) groups is 1. The van der Waals surface area contributed by atoms with Crippen molar-refractivity contribution in [1.82, 2.24) is 9.97 Å². The Hall–Kier alpha value is -1.52. The second-order valence-corrected chi connectivity index (χ2v) is 5.78. The van der Waals surface area contributed by atoms with Gasteiger partial charge in [-0.3, -0.25) is 0 Å². The molecule has 22 heavy (non-hydrogen) atoms. The number of nitrogens with zero attached hydrogens (tertiary/aromatic N) is 2. The van der Waals surface area contributed by atoms with E-state index in [4.69, 9.17) is 23.8 Å². The van der Waals surface area contributed by atoms with E-state index < -0.39 is 0 Å². The minimum Gasteiger partial charge on any atom is -0.367 e. The highest BCUT2D eigenvalue weighted by Gasteiger charge is 2.16. The number of aromatic nitrogens is 2. The number of anilines is 1. The number of halogens is 1. The molecule has 0 aliphatic heterocycles. The number of hydrogen-bond donors (Lipinski definition) is 1.